The van der Waals surface area contributed by atoms with E-state index in [0.29, 0.717) is 45.3 Å². The monoisotopic (exact) mass is 560 g/mol. The maximum Gasteiger partial charge on any atom is 0.422 e. The number of nitrogens with zero attached hydrogens (tertiary/aromatic N) is 5. The molecule has 39 heavy (non-hydrogen) atoms. The number of aryl methyl sites for hydroxylation is 1. The number of ether oxygens (including phenoxy) is 1. The molecule has 2 aromatic carbocycles. The molecule has 1 N–H and O–H groups in total. The lowest BCUT2D eigenvalue weighted by atomic mass is 10.1. The van der Waals surface area contributed by atoms with Crippen LogP contribution in [0.15, 0.2) is 61.1 Å². The number of aromatic nitrogens is 5. The van der Waals surface area contributed by atoms with E-state index in [0.717, 1.165) is 5.56 Å². The number of benzene rings is 2. The van der Waals surface area contributed by atoms with Gasteiger partial charge in [-0.05, 0) is 19.1 Å². The summed E-state index contributed by atoms with van der Waals surface area (Å²) < 4.78 is 72.7. The van der Waals surface area contributed by atoms with E-state index in [1.165, 1.54) is 10.9 Å². The van der Waals surface area contributed by atoms with Crippen LogP contribution < -0.4 is 10.1 Å². The molecule has 3 aromatic heterocycles. The molecule has 0 aliphatic carbocycles. The minimum Gasteiger partial charge on any atom is -0.484 e. The maximum absolute atomic E-state index is 14.8. The zero-order chi connectivity index (χ0) is 27.7. The second-order valence-corrected chi connectivity index (χ2v) is 8.91. The number of pyridine rings is 1. The number of para-hydroxylation sites is 1. The summed E-state index contributed by atoms with van der Waals surface area (Å²) in [5.41, 5.74) is 1.82. The fourth-order valence-corrected chi connectivity index (χ4v) is 4.00. The Morgan fingerprint density at radius 1 is 1.05 bits per heavy atom. The molecule has 0 unspecified atom stereocenters. The van der Waals surface area contributed by atoms with Gasteiger partial charge in [-0.25, -0.2) is 18.7 Å². The summed E-state index contributed by atoms with van der Waals surface area (Å²) in [6.45, 7) is -0.202. The molecule has 0 saturated carbocycles. The third-order valence-corrected chi connectivity index (χ3v) is 5.99. The largest absolute Gasteiger partial charge is 0.484 e. The first-order valence-electron chi connectivity index (χ1n) is 11.4. The predicted molar refractivity (Wildman–Crippen MR) is 135 cm³/mol. The standard InChI is InChI=1S/C26H18ClF5N6O/c1-14-10-34-25(36-24(14)35-21-6-7-33-11-18(21)27)23-16-4-2-3-5-22(16)38(37-23)12-17-19(28)8-15(9-20(17)29)39-13-26(30,31)32/h2-11H,12-13H2,1H3,(H,33,34,35,36). The molecule has 0 radical (unpaired) electrons. The van der Waals surface area contributed by atoms with Gasteiger partial charge in [0, 0.05) is 47.2 Å². The summed E-state index contributed by atoms with van der Waals surface area (Å²) in [5, 5.41) is 8.70. The molecule has 0 aliphatic rings. The molecule has 5 rings (SSSR count). The van der Waals surface area contributed by atoms with Crippen LogP contribution in [-0.2, 0) is 6.54 Å². The average molecular weight is 561 g/mol. The van der Waals surface area contributed by atoms with Crippen molar-refractivity contribution in [3.05, 3.63) is 88.8 Å². The highest BCUT2D eigenvalue weighted by molar-refractivity contribution is 6.33. The molecule has 200 valence electrons. The number of anilines is 2. The highest BCUT2D eigenvalue weighted by atomic mass is 35.5. The first kappa shape index (κ1) is 26.3. The van der Waals surface area contributed by atoms with Gasteiger partial charge in [-0.3, -0.25) is 9.67 Å². The lowest BCUT2D eigenvalue weighted by Gasteiger charge is -2.12. The van der Waals surface area contributed by atoms with Crippen molar-refractivity contribution in [2.45, 2.75) is 19.6 Å². The van der Waals surface area contributed by atoms with Gasteiger partial charge in [0.2, 0.25) is 0 Å². The van der Waals surface area contributed by atoms with Crippen molar-refractivity contribution >= 4 is 34.0 Å². The predicted octanol–water partition coefficient (Wildman–Crippen LogP) is 6.86. The Hall–Kier alpha value is -4.32. The maximum atomic E-state index is 14.8. The Bertz CT molecular complexity index is 1650. The van der Waals surface area contributed by atoms with Gasteiger partial charge >= 0.3 is 6.18 Å². The number of rotatable bonds is 7. The normalized spacial score (nSPS) is 11.7. The van der Waals surface area contributed by atoms with E-state index < -0.39 is 35.7 Å². The molecular formula is C26H18ClF5N6O. The van der Waals surface area contributed by atoms with Gasteiger partial charge in [-0.15, -0.1) is 0 Å². The number of hydrogen-bond donors (Lipinski definition) is 1. The van der Waals surface area contributed by atoms with Gasteiger partial charge < -0.3 is 10.1 Å². The van der Waals surface area contributed by atoms with Crippen LogP contribution >= 0.6 is 11.6 Å². The molecule has 3 heterocycles. The molecule has 13 heteroatoms. The summed E-state index contributed by atoms with van der Waals surface area (Å²) in [5.74, 6) is -1.99. The third-order valence-electron chi connectivity index (χ3n) is 5.69. The lowest BCUT2D eigenvalue weighted by molar-refractivity contribution is -0.153. The Labute approximate surface area is 223 Å². The minimum absolute atomic E-state index is 0.250. The van der Waals surface area contributed by atoms with Crippen LogP contribution in [-0.4, -0.2) is 37.5 Å². The molecule has 0 saturated heterocycles. The first-order chi connectivity index (χ1) is 18.6. The molecule has 5 aromatic rings. The lowest BCUT2D eigenvalue weighted by Crippen LogP contribution is -2.19. The second-order valence-electron chi connectivity index (χ2n) is 8.50. The zero-order valence-corrected chi connectivity index (χ0v) is 20.9. The van der Waals surface area contributed by atoms with E-state index >= 15 is 0 Å². The summed E-state index contributed by atoms with van der Waals surface area (Å²) >= 11 is 6.21. The summed E-state index contributed by atoms with van der Waals surface area (Å²) in [7, 11) is 0. The molecule has 0 fully saturated rings. The number of nitrogens with one attached hydrogen (secondary N) is 1. The number of hydrogen-bond acceptors (Lipinski definition) is 6. The topological polar surface area (TPSA) is 77.8 Å². The van der Waals surface area contributed by atoms with Crippen molar-refractivity contribution in [2.24, 2.45) is 0 Å². The van der Waals surface area contributed by atoms with Crippen molar-refractivity contribution < 1.29 is 26.7 Å². The molecule has 0 bridgehead atoms. The van der Waals surface area contributed by atoms with Crippen LogP contribution in [0, 0.1) is 18.6 Å². The van der Waals surface area contributed by atoms with Gasteiger partial charge in [0.15, 0.2) is 12.4 Å². The van der Waals surface area contributed by atoms with Crippen LogP contribution in [0.25, 0.3) is 22.4 Å². The minimum atomic E-state index is -4.64. The van der Waals surface area contributed by atoms with E-state index in [9.17, 15) is 22.0 Å². The fourth-order valence-electron chi connectivity index (χ4n) is 3.83. The molecule has 0 spiro atoms. The highest BCUT2D eigenvalue weighted by Crippen LogP contribution is 2.31. The quantitative estimate of drug-likeness (QED) is 0.219. The zero-order valence-electron chi connectivity index (χ0n) is 20.1. The van der Waals surface area contributed by atoms with Crippen LogP contribution in [0.3, 0.4) is 0 Å². The van der Waals surface area contributed by atoms with Gasteiger partial charge in [0.05, 0.1) is 22.8 Å². The van der Waals surface area contributed by atoms with Gasteiger partial charge in [-0.1, -0.05) is 29.8 Å². The van der Waals surface area contributed by atoms with Crippen molar-refractivity contribution in [3.63, 3.8) is 0 Å². The fraction of sp³-hybridized carbons (Fsp3) is 0.154. The van der Waals surface area contributed by atoms with Crippen molar-refractivity contribution in [1.82, 2.24) is 24.7 Å². The number of fused-ring (bicyclic) bond motifs is 1. The average Bonchev–Trinajstić information content (AvgIpc) is 3.25. The highest BCUT2D eigenvalue weighted by Gasteiger charge is 2.29. The SMILES string of the molecule is Cc1cnc(-c2nn(Cc3c(F)cc(OCC(F)(F)F)cc3F)c3ccccc23)nc1Nc1ccncc1Cl. The van der Waals surface area contributed by atoms with E-state index in [4.69, 9.17) is 11.6 Å². The van der Waals surface area contributed by atoms with E-state index in [1.807, 2.05) is 6.92 Å². The van der Waals surface area contributed by atoms with Gasteiger partial charge in [0.1, 0.15) is 28.9 Å². The Morgan fingerprint density at radius 3 is 2.51 bits per heavy atom. The van der Waals surface area contributed by atoms with Crippen molar-refractivity contribution in [3.8, 4) is 17.3 Å². The Kier molecular flexibility index (Phi) is 7.04. The van der Waals surface area contributed by atoms with E-state index in [1.54, 1.807) is 42.7 Å². The summed E-state index contributed by atoms with van der Waals surface area (Å²) in [6.07, 6.45) is 0.0262. The Balaban J connectivity index is 1.50. The Morgan fingerprint density at radius 2 is 1.79 bits per heavy atom. The molecule has 7 nitrogen and oxygen atoms in total. The number of alkyl halides is 3. The second kappa shape index (κ2) is 10.4. The summed E-state index contributed by atoms with van der Waals surface area (Å²) in [6, 6.07) is 10.1. The van der Waals surface area contributed by atoms with Gasteiger partial charge in [0.25, 0.3) is 0 Å². The smallest absolute Gasteiger partial charge is 0.422 e. The molecule has 0 aliphatic heterocycles. The molecule has 0 atom stereocenters. The van der Waals surface area contributed by atoms with Crippen LogP contribution in [0.1, 0.15) is 11.1 Å². The van der Waals surface area contributed by atoms with Crippen molar-refractivity contribution in [2.75, 3.05) is 11.9 Å². The molecule has 0 amide bonds. The first-order valence-corrected chi connectivity index (χ1v) is 11.8. The van der Waals surface area contributed by atoms with Crippen LogP contribution in [0.2, 0.25) is 5.02 Å². The van der Waals surface area contributed by atoms with E-state index in [2.05, 4.69) is 30.1 Å². The van der Waals surface area contributed by atoms with E-state index in [-0.39, 0.29) is 12.4 Å². The van der Waals surface area contributed by atoms with Gasteiger partial charge in [-0.2, -0.15) is 18.3 Å². The molecular weight excluding hydrogens is 543 g/mol. The number of halogens is 6. The van der Waals surface area contributed by atoms with Crippen LogP contribution in [0.4, 0.5) is 33.5 Å². The van der Waals surface area contributed by atoms with Crippen molar-refractivity contribution in [1.29, 1.82) is 0 Å². The third kappa shape index (κ3) is 5.75. The summed E-state index contributed by atoms with van der Waals surface area (Å²) in [4.78, 5) is 13.0. The van der Waals surface area contributed by atoms with Crippen LogP contribution in [0.5, 0.6) is 5.75 Å².